The van der Waals surface area contributed by atoms with Crippen LogP contribution in [0.25, 0.3) is 0 Å². The predicted molar refractivity (Wildman–Crippen MR) is 80.0 cm³/mol. The van der Waals surface area contributed by atoms with Crippen molar-refractivity contribution in [1.29, 1.82) is 0 Å². The Balaban J connectivity index is 1.88. The smallest absolute Gasteiger partial charge is 0.213 e. The number of pyridine rings is 1. The van der Waals surface area contributed by atoms with Gasteiger partial charge in [-0.25, -0.2) is 4.98 Å². The van der Waals surface area contributed by atoms with Gasteiger partial charge in [0.05, 0.1) is 6.10 Å². The fourth-order valence-corrected chi connectivity index (χ4v) is 2.15. The Labute approximate surface area is 121 Å². The molecule has 20 heavy (non-hydrogen) atoms. The number of hydrogen-bond donors (Lipinski definition) is 1. The molecule has 4 nitrogen and oxygen atoms in total. The van der Waals surface area contributed by atoms with Gasteiger partial charge >= 0.3 is 0 Å². The van der Waals surface area contributed by atoms with Gasteiger partial charge < -0.3 is 14.8 Å². The summed E-state index contributed by atoms with van der Waals surface area (Å²) in [5, 5.41) is 3.47. The summed E-state index contributed by atoms with van der Waals surface area (Å²) >= 11 is 0. The fraction of sp³-hybridized carbons (Fsp3) is 0.688. The van der Waals surface area contributed by atoms with Gasteiger partial charge in [0, 0.05) is 30.5 Å². The number of ether oxygens (including phenoxy) is 2. The summed E-state index contributed by atoms with van der Waals surface area (Å²) in [6, 6.07) is 4.04. The molecule has 112 valence electrons. The first-order chi connectivity index (χ1) is 9.44. The minimum Gasteiger partial charge on any atom is -0.475 e. The standard InChI is InChI=1S/C16H26N2O2/c1-12-13(10-17-16(2,3)4)7-8-15(18-12)20-11-14-6-5-9-19-14/h7-8,14,17H,5-6,9-11H2,1-4H3. The Bertz CT molecular complexity index is 435. The predicted octanol–water partition coefficient (Wildman–Crippen LogP) is 2.84. The van der Waals surface area contributed by atoms with Gasteiger partial charge in [0.1, 0.15) is 6.61 Å². The largest absolute Gasteiger partial charge is 0.475 e. The second kappa shape index (κ2) is 6.55. The maximum absolute atomic E-state index is 5.71. The number of rotatable bonds is 5. The highest BCUT2D eigenvalue weighted by Gasteiger charge is 2.16. The molecule has 1 aliphatic rings. The molecular formula is C16H26N2O2. The molecule has 0 spiro atoms. The molecule has 1 aromatic rings. The van der Waals surface area contributed by atoms with Gasteiger partial charge in [-0.2, -0.15) is 0 Å². The van der Waals surface area contributed by atoms with Crippen LogP contribution in [0.4, 0.5) is 0 Å². The first kappa shape index (κ1) is 15.3. The monoisotopic (exact) mass is 278 g/mol. The van der Waals surface area contributed by atoms with Crippen LogP contribution in [-0.2, 0) is 11.3 Å². The molecule has 1 unspecified atom stereocenters. The average Bonchev–Trinajstić information content (AvgIpc) is 2.87. The summed E-state index contributed by atoms with van der Waals surface area (Å²) in [7, 11) is 0. The van der Waals surface area contributed by atoms with Crippen LogP contribution < -0.4 is 10.1 Å². The number of nitrogens with zero attached hydrogens (tertiary/aromatic N) is 1. The van der Waals surface area contributed by atoms with E-state index < -0.39 is 0 Å². The molecule has 1 fully saturated rings. The molecule has 0 radical (unpaired) electrons. The molecule has 1 saturated heterocycles. The van der Waals surface area contributed by atoms with Crippen molar-refractivity contribution in [3.05, 3.63) is 23.4 Å². The molecule has 1 atom stereocenters. The molecule has 0 aliphatic carbocycles. The Morgan fingerprint density at radius 1 is 1.40 bits per heavy atom. The van der Waals surface area contributed by atoms with Crippen molar-refractivity contribution in [2.75, 3.05) is 13.2 Å². The van der Waals surface area contributed by atoms with Gasteiger partial charge in [0.2, 0.25) is 5.88 Å². The lowest BCUT2D eigenvalue weighted by molar-refractivity contribution is 0.0663. The molecule has 0 amide bonds. The van der Waals surface area contributed by atoms with E-state index in [-0.39, 0.29) is 11.6 Å². The quantitative estimate of drug-likeness (QED) is 0.899. The highest BCUT2D eigenvalue weighted by atomic mass is 16.5. The Hall–Kier alpha value is -1.13. The van der Waals surface area contributed by atoms with E-state index in [1.807, 2.05) is 13.0 Å². The summed E-state index contributed by atoms with van der Waals surface area (Å²) < 4.78 is 11.3. The molecular weight excluding hydrogens is 252 g/mol. The summed E-state index contributed by atoms with van der Waals surface area (Å²) in [5.74, 6) is 0.692. The summed E-state index contributed by atoms with van der Waals surface area (Å²) in [6.45, 7) is 10.8. The van der Waals surface area contributed by atoms with Crippen molar-refractivity contribution in [3.8, 4) is 5.88 Å². The van der Waals surface area contributed by atoms with Crippen LogP contribution in [0.3, 0.4) is 0 Å². The van der Waals surface area contributed by atoms with Crippen LogP contribution in [0.5, 0.6) is 5.88 Å². The summed E-state index contributed by atoms with van der Waals surface area (Å²) in [6.07, 6.45) is 2.46. The molecule has 1 aromatic heterocycles. The first-order valence-corrected chi connectivity index (χ1v) is 7.40. The molecule has 4 heteroatoms. The van der Waals surface area contributed by atoms with Gasteiger partial charge in [-0.15, -0.1) is 0 Å². The van der Waals surface area contributed by atoms with Crippen LogP contribution in [0.2, 0.25) is 0 Å². The first-order valence-electron chi connectivity index (χ1n) is 7.40. The lowest BCUT2D eigenvalue weighted by Crippen LogP contribution is -2.35. The van der Waals surface area contributed by atoms with E-state index in [4.69, 9.17) is 9.47 Å². The van der Waals surface area contributed by atoms with E-state index in [1.165, 1.54) is 5.56 Å². The topological polar surface area (TPSA) is 43.4 Å². The van der Waals surface area contributed by atoms with Crippen molar-refractivity contribution < 1.29 is 9.47 Å². The fourth-order valence-electron chi connectivity index (χ4n) is 2.15. The van der Waals surface area contributed by atoms with Gasteiger partial charge in [-0.3, -0.25) is 0 Å². The molecule has 0 saturated carbocycles. The SMILES string of the molecule is Cc1nc(OCC2CCCO2)ccc1CNC(C)(C)C. The molecule has 2 rings (SSSR count). The van der Waals surface area contributed by atoms with E-state index in [1.54, 1.807) is 0 Å². The third-order valence-corrected chi connectivity index (χ3v) is 3.42. The number of aryl methyl sites for hydroxylation is 1. The minimum absolute atomic E-state index is 0.113. The zero-order valence-electron chi connectivity index (χ0n) is 13.0. The Morgan fingerprint density at radius 3 is 2.80 bits per heavy atom. The van der Waals surface area contributed by atoms with E-state index in [9.17, 15) is 0 Å². The van der Waals surface area contributed by atoms with Crippen LogP contribution in [0, 0.1) is 6.92 Å². The Morgan fingerprint density at radius 2 is 2.20 bits per heavy atom. The van der Waals surface area contributed by atoms with Crippen LogP contribution in [0.1, 0.15) is 44.9 Å². The lowest BCUT2D eigenvalue weighted by atomic mass is 10.1. The van der Waals surface area contributed by atoms with E-state index in [0.717, 1.165) is 31.7 Å². The zero-order valence-corrected chi connectivity index (χ0v) is 13.0. The normalized spacial score (nSPS) is 19.3. The second-order valence-electron chi connectivity index (χ2n) is 6.44. The number of hydrogen-bond acceptors (Lipinski definition) is 4. The zero-order chi connectivity index (χ0) is 14.6. The highest BCUT2D eigenvalue weighted by molar-refractivity contribution is 5.25. The highest BCUT2D eigenvalue weighted by Crippen LogP contribution is 2.16. The maximum Gasteiger partial charge on any atom is 0.213 e. The van der Waals surface area contributed by atoms with E-state index in [0.29, 0.717) is 12.5 Å². The molecule has 0 aromatic carbocycles. The molecule has 2 heterocycles. The van der Waals surface area contributed by atoms with E-state index in [2.05, 4.69) is 37.1 Å². The lowest BCUT2D eigenvalue weighted by Gasteiger charge is -2.21. The van der Waals surface area contributed by atoms with Crippen LogP contribution >= 0.6 is 0 Å². The van der Waals surface area contributed by atoms with Gasteiger partial charge in [-0.1, -0.05) is 6.07 Å². The molecule has 1 aliphatic heterocycles. The van der Waals surface area contributed by atoms with Crippen molar-refractivity contribution in [3.63, 3.8) is 0 Å². The summed E-state index contributed by atoms with van der Waals surface area (Å²) in [5.41, 5.74) is 2.34. The molecule has 0 bridgehead atoms. The van der Waals surface area contributed by atoms with Crippen LogP contribution in [-0.4, -0.2) is 29.8 Å². The third-order valence-electron chi connectivity index (χ3n) is 3.42. The van der Waals surface area contributed by atoms with Crippen molar-refractivity contribution in [2.45, 2.75) is 58.7 Å². The molecule has 1 N–H and O–H groups in total. The van der Waals surface area contributed by atoms with Crippen molar-refractivity contribution in [1.82, 2.24) is 10.3 Å². The summed E-state index contributed by atoms with van der Waals surface area (Å²) in [4.78, 5) is 4.52. The number of nitrogens with one attached hydrogen (secondary N) is 1. The third kappa shape index (κ3) is 4.76. The van der Waals surface area contributed by atoms with Crippen molar-refractivity contribution in [2.24, 2.45) is 0 Å². The van der Waals surface area contributed by atoms with Gasteiger partial charge in [0.25, 0.3) is 0 Å². The van der Waals surface area contributed by atoms with Crippen LogP contribution in [0.15, 0.2) is 12.1 Å². The number of aromatic nitrogens is 1. The Kier molecular flexibility index (Phi) is 5.00. The van der Waals surface area contributed by atoms with Gasteiger partial charge in [-0.05, 0) is 46.1 Å². The van der Waals surface area contributed by atoms with E-state index >= 15 is 0 Å². The minimum atomic E-state index is 0.113. The maximum atomic E-state index is 5.71. The van der Waals surface area contributed by atoms with Gasteiger partial charge in [0.15, 0.2) is 0 Å². The average molecular weight is 278 g/mol. The second-order valence-corrected chi connectivity index (χ2v) is 6.44. The van der Waals surface area contributed by atoms with Crippen molar-refractivity contribution >= 4 is 0 Å².